The molecule has 3 aliphatic rings. The lowest BCUT2D eigenvalue weighted by molar-refractivity contribution is -0.301. The minimum absolute atomic E-state index is 0.0340. The van der Waals surface area contributed by atoms with E-state index in [0.29, 0.717) is 4.91 Å². The number of ketones is 1. The number of thioether (sulfide) groups is 1. The van der Waals surface area contributed by atoms with E-state index in [1.54, 1.807) is 6.92 Å². The van der Waals surface area contributed by atoms with Gasteiger partial charge in [-0.2, -0.15) is 0 Å². The number of aliphatic hydroxyl groups is 1. The van der Waals surface area contributed by atoms with Crippen molar-refractivity contribution in [1.82, 2.24) is 9.80 Å². The molecule has 3 aliphatic heterocycles. The number of carbonyl (C=O) groups excluding carboxylic acids is 4. The van der Waals surface area contributed by atoms with Crippen LogP contribution < -0.4 is 10.2 Å². The van der Waals surface area contributed by atoms with Gasteiger partial charge in [-0.05, 0) is 20.3 Å². The summed E-state index contributed by atoms with van der Waals surface area (Å²) >= 11 is 5.40. The summed E-state index contributed by atoms with van der Waals surface area (Å²) in [6, 6.07) is -1.28. The van der Waals surface area contributed by atoms with Crippen molar-refractivity contribution in [1.29, 1.82) is 0 Å². The number of rotatable bonds is 5. The molecule has 3 rings (SSSR count). The molecular formula is C17H20I2N2O7S-2. The van der Waals surface area contributed by atoms with Crippen LogP contribution in [0.1, 0.15) is 27.2 Å². The highest BCUT2D eigenvalue weighted by molar-refractivity contribution is 15.0. The second-order valence-corrected chi connectivity index (χ2v) is 8.62. The quantitative estimate of drug-likeness (QED) is 0.316. The number of carboxylic acids is 1. The first-order valence-corrected chi connectivity index (χ1v) is 16.0. The summed E-state index contributed by atoms with van der Waals surface area (Å²) in [5.41, 5.74) is -0.217. The molecule has 0 aromatic rings. The van der Waals surface area contributed by atoms with Gasteiger partial charge in [-0.3, -0.25) is 9.59 Å². The third-order valence-electron chi connectivity index (χ3n) is 5.56. The Kier molecular flexibility index (Phi) is 8.23. The number of nitrogens with zero attached hydrogens (tertiary/aromatic N) is 2. The fraction of sp³-hybridized carbons (Fsp3) is 0.647. The predicted molar refractivity (Wildman–Crippen MR) is 118 cm³/mol. The van der Waals surface area contributed by atoms with Crippen LogP contribution in [0.2, 0.25) is 0 Å². The molecule has 0 aromatic carbocycles. The molecule has 0 radical (unpaired) electrons. The number of likely N-dealkylation sites (tertiary alicyclic amines) is 1. The van der Waals surface area contributed by atoms with Gasteiger partial charge in [-0.1, -0.05) is 6.92 Å². The van der Waals surface area contributed by atoms with Gasteiger partial charge in [0.1, 0.15) is 6.09 Å². The highest BCUT2D eigenvalue weighted by Gasteiger charge is 2.59. The second-order valence-electron chi connectivity index (χ2n) is 7.27. The van der Waals surface area contributed by atoms with E-state index in [1.165, 1.54) is 13.8 Å². The van der Waals surface area contributed by atoms with E-state index < -0.39 is 42.1 Å². The highest BCUT2D eigenvalue weighted by atomic mass is 128. The van der Waals surface area contributed by atoms with E-state index in [0.717, 1.165) is 21.6 Å². The topological polar surface area (TPSA) is 141 Å². The van der Waals surface area contributed by atoms with Crippen LogP contribution in [0, 0.1) is 11.8 Å². The van der Waals surface area contributed by atoms with E-state index in [1.807, 2.05) is 0 Å². The smallest absolute Gasteiger partial charge is 0.235 e. The normalized spacial score (nSPS) is 31.7. The van der Waals surface area contributed by atoms with Crippen LogP contribution in [0.5, 0.6) is 0 Å². The van der Waals surface area contributed by atoms with Crippen molar-refractivity contribution in [3.05, 3.63) is 10.6 Å². The Labute approximate surface area is 195 Å². The Morgan fingerprint density at radius 1 is 1.28 bits per heavy atom. The lowest BCUT2D eigenvalue weighted by Crippen LogP contribution is -2.64. The Balaban J connectivity index is 0.00000145. The monoisotopic (exact) mass is 650 g/mol. The lowest BCUT2D eigenvalue weighted by Gasteiger charge is -2.47. The van der Waals surface area contributed by atoms with Crippen molar-refractivity contribution in [2.45, 2.75) is 50.6 Å². The third-order valence-corrected chi connectivity index (χ3v) is 7.06. The van der Waals surface area contributed by atoms with Crippen LogP contribution >= 0.6 is 49.0 Å². The standard InChI is InChI=1S/C17H22N2O7S.I2/c1-6-12-11(8(3)21)15(22)19(12)13(16(23)24)14(6)27-9-4-10(7(2)20)18(5-9)17(25)26;1-2/h6,8-12,21H,4-5H2,1-3H3,(H,23,24)(H,25,26);/p-2. The van der Waals surface area contributed by atoms with Gasteiger partial charge in [0.15, 0.2) is 5.78 Å². The maximum Gasteiger partial charge on any atom is 0.235 e. The zero-order valence-electron chi connectivity index (χ0n) is 15.8. The molecule has 0 saturated carbocycles. The predicted octanol–water partition coefficient (Wildman–Crippen LogP) is -0.315. The van der Waals surface area contributed by atoms with Crippen molar-refractivity contribution in [2.24, 2.45) is 11.8 Å². The molecule has 3 heterocycles. The van der Waals surface area contributed by atoms with E-state index in [4.69, 9.17) is 0 Å². The Morgan fingerprint density at radius 3 is 2.28 bits per heavy atom. The summed E-state index contributed by atoms with van der Waals surface area (Å²) in [4.78, 5) is 49.5. The molecule has 0 bridgehead atoms. The van der Waals surface area contributed by atoms with E-state index in [-0.39, 0.29) is 35.6 Å². The fourth-order valence-electron chi connectivity index (χ4n) is 4.32. The maximum atomic E-state index is 12.3. The van der Waals surface area contributed by atoms with Crippen molar-refractivity contribution in [3.63, 3.8) is 0 Å². The summed E-state index contributed by atoms with van der Waals surface area (Å²) < 4.78 is 0. The number of hydrogen-bond acceptors (Lipinski definition) is 8. The Bertz CT molecular complexity index is 738. The summed E-state index contributed by atoms with van der Waals surface area (Å²) in [5.74, 6) is -3.26. The van der Waals surface area contributed by atoms with Crippen molar-refractivity contribution < 1.29 is 34.5 Å². The average molecular weight is 650 g/mol. The summed E-state index contributed by atoms with van der Waals surface area (Å²) in [5, 5.41) is 32.4. The van der Waals surface area contributed by atoms with E-state index in [9.17, 15) is 34.5 Å². The molecule has 162 valence electrons. The number of aliphatic carboxylic acids is 1. The number of carboxylic acid groups (broad SMARTS) is 2. The number of amides is 2. The molecule has 2 saturated heterocycles. The second kappa shape index (κ2) is 9.68. The number of β-lactam (4-membered cyclic amide) rings is 1. The van der Waals surface area contributed by atoms with Gasteiger partial charge in [0.2, 0.25) is 5.91 Å². The molecule has 9 nitrogen and oxygen atoms in total. The molecule has 29 heavy (non-hydrogen) atoms. The van der Waals surface area contributed by atoms with Crippen LogP contribution in [0.15, 0.2) is 10.6 Å². The van der Waals surface area contributed by atoms with E-state index in [2.05, 4.69) is 37.2 Å². The zero-order valence-corrected chi connectivity index (χ0v) is 21.0. The molecule has 0 aliphatic carbocycles. The van der Waals surface area contributed by atoms with Crippen molar-refractivity contribution in [2.75, 3.05) is 6.54 Å². The van der Waals surface area contributed by atoms with Crippen LogP contribution in [0.3, 0.4) is 0 Å². The molecular weight excluding hydrogens is 630 g/mol. The molecule has 0 aromatic heterocycles. The minimum Gasteiger partial charge on any atom is -0.543 e. The van der Waals surface area contributed by atoms with Crippen molar-refractivity contribution >= 4 is 72.7 Å². The molecule has 2 fully saturated rings. The fourth-order valence-corrected chi connectivity index (χ4v) is 5.84. The molecule has 1 N–H and O–H groups in total. The van der Waals surface area contributed by atoms with Gasteiger partial charge >= 0.3 is 0 Å². The number of carbonyl (C=O) groups is 4. The maximum absolute atomic E-state index is 12.3. The highest BCUT2D eigenvalue weighted by Crippen LogP contribution is 2.52. The van der Waals surface area contributed by atoms with Crippen LogP contribution in [-0.4, -0.2) is 68.6 Å². The van der Waals surface area contributed by atoms with E-state index >= 15 is 0 Å². The van der Waals surface area contributed by atoms with Crippen LogP contribution in [0.25, 0.3) is 0 Å². The van der Waals surface area contributed by atoms with Gasteiger partial charge in [0.05, 0.1) is 35.8 Å². The number of Topliss-reactive ketones (excluding diaryl/α,β-unsaturated/α-hetero) is 1. The molecule has 12 heteroatoms. The first-order valence-electron chi connectivity index (χ1n) is 8.81. The van der Waals surface area contributed by atoms with Gasteiger partial charge in [0, 0.05) is 59.8 Å². The Morgan fingerprint density at radius 2 is 1.86 bits per heavy atom. The summed E-state index contributed by atoms with van der Waals surface area (Å²) in [6.45, 7) is 4.59. The minimum atomic E-state index is -1.48. The Hall–Kier alpha value is -0.610. The number of aliphatic hydroxyl groups excluding tert-OH is 1. The van der Waals surface area contributed by atoms with Gasteiger partial charge < -0.3 is 34.7 Å². The van der Waals surface area contributed by atoms with Gasteiger partial charge in [-0.25, -0.2) is 0 Å². The number of hydrogen-bond donors (Lipinski definition) is 1. The molecule has 0 spiro atoms. The SMILES string of the molecule is CC(=O)C1CC(SC2=C(C(=O)[O-])N3C(=O)C(C(C)O)C3C2C)CN1C(=O)[O-].II. The summed E-state index contributed by atoms with van der Waals surface area (Å²) in [7, 11) is 0. The molecule has 6 atom stereocenters. The first-order chi connectivity index (χ1) is 13.6. The first kappa shape index (κ1) is 24.7. The lowest BCUT2D eigenvalue weighted by atomic mass is 9.79. The van der Waals surface area contributed by atoms with Gasteiger partial charge in [-0.15, -0.1) is 11.8 Å². The average Bonchev–Trinajstić information content (AvgIpc) is 3.16. The van der Waals surface area contributed by atoms with Crippen LogP contribution in [0.4, 0.5) is 4.79 Å². The van der Waals surface area contributed by atoms with Crippen molar-refractivity contribution in [3.8, 4) is 0 Å². The molecule has 2 amide bonds. The van der Waals surface area contributed by atoms with Gasteiger partial charge in [0.25, 0.3) is 0 Å². The third kappa shape index (κ3) is 4.39. The summed E-state index contributed by atoms with van der Waals surface area (Å²) in [6.07, 6.45) is -2.11. The number of fused-ring (bicyclic) bond motifs is 1. The zero-order chi connectivity index (χ0) is 22.2. The number of halogens is 2. The van der Waals surface area contributed by atoms with Crippen LogP contribution in [-0.2, 0) is 14.4 Å². The largest absolute Gasteiger partial charge is 0.543 e. The molecule has 6 unspecified atom stereocenters.